The first kappa shape index (κ1) is 24.5. The van der Waals surface area contributed by atoms with Crippen LogP contribution in [0.5, 0.6) is 11.5 Å². The third-order valence-corrected chi connectivity index (χ3v) is 6.31. The fourth-order valence-corrected chi connectivity index (χ4v) is 4.46. The molecule has 2 heterocycles. The average Bonchev–Trinajstić information content (AvgIpc) is 3.32. The average molecular weight is 476 g/mol. The van der Waals surface area contributed by atoms with Gasteiger partial charge in [0.2, 0.25) is 12.6 Å². The van der Waals surface area contributed by atoms with Crippen LogP contribution < -0.4 is 15.1 Å². The van der Waals surface area contributed by atoms with Crippen LogP contribution in [0.3, 0.4) is 0 Å². The summed E-state index contributed by atoms with van der Waals surface area (Å²) in [4.78, 5) is 25.8. The van der Waals surface area contributed by atoms with Crippen molar-refractivity contribution in [3.05, 3.63) is 63.6 Å². The zero-order valence-electron chi connectivity index (χ0n) is 20.4. The summed E-state index contributed by atoms with van der Waals surface area (Å²) in [6.45, 7) is 7.76. The lowest BCUT2D eigenvalue weighted by Gasteiger charge is -2.33. The van der Waals surface area contributed by atoms with Crippen molar-refractivity contribution in [2.24, 2.45) is 0 Å². The zero-order chi connectivity index (χ0) is 25.2. The molecule has 0 spiro atoms. The fourth-order valence-electron chi connectivity index (χ4n) is 4.46. The highest BCUT2D eigenvalue weighted by atomic mass is 16.7. The number of fused-ring (bicyclic) bond motifs is 2. The summed E-state index contributed by atoms with van der Waals surface area (Å²) in [5.41, 5.74) is -1.68. The van der Waals surface area contributed by atoms with Crippen LogP contribution in [0.25, 0.3) is 10.8 Å². The van der Waals surface area contributed by atoms with Gasteiger partial charge in [0.1, 0.15) is 0 Å². The van der Waals surface area contributed by atoms with Crippen LogP contribution >= 0.6 is 0 Å². The SMILES string of the molecule is CCCCC#CC(O)(CC(C)(C)c1cccc2c1OCO2)C(=O)c1ccc2c(=O)onc(C)c2c1. The number of benzene rings is 2. The second kappa shape index (κ2) is 9.55. The van der Waals surface area contributed by atoms with Gasteiger partial charge in [-0.25, -0.2) is 4.79 Å². The highest BCUT2D eigenvalue weighted by Crippen LogP contribution is 2.44. The maximum atomic E-state index is 13.8. The summed E-state index contributed by atoms with van der Waals surface area (Å²) in [6.07, 6.45) is 2.43. The normalized spacial score (nSPS) is 14.3. The predicted octanol–water partition coefficient (Wildman–Crippen LogP) is 4.70. The van der Waals surface area contributed by atoms with E-state index in [0.29, 0.717) is 34.4 Å². The molecular weight excluding hydrogens is 446 g/mol. The molecule has 1 aliphatic rings. The molecule has 182 valence electrons. The van der Waals surface area contributed by atoms with E-state index in [2.05, 4.69) is 23.9 Å². The fraction of sp³-hybridized carbons (Fsp3) is 0.393. The number of hydrogen-bond acceptors (Lipinski definition) is 7. The lowest BCUT2D eigenvalue weighted by molar-refractivity contribution is 0.0453. The van der Waals surface area contributed by atoms with Gasteiger partial charge in [0.05, 0.1) is 11.1 Å². The number of rotatable bonds is 7. The Morgan fingerprint density at radius 2 is 1.97 bits per heavy atom. The van der Waals surface area contributed by atoms with Gasteiger partial charge < -0.3 is 19.1 Å². The zero-order valence-corrected chi connectivity index (χ0v) is 20.4. The van der Waals surface area contributed by atoms with E-state index in [1.54, 1.807) is 13.0 Å². The van der Waals surface area contributed by atoms with Gasteiger partial charge in [-0.05, 0) is 37.0 Å². The minimum atomic E-state index is -1.96. The first-order valence-electron chi connectivity index (χ1n) is 11.7. The molecule has 0 radical (unpaired) electrons. The van der Waals surface area contributed by atoms with Crippen molar-refractivity contribution in [3.8, 4) is 23.3 Å². The highest BCUT2D eigenvalue weighted by Gasteiger charge is 2.43. The van der Waals surface area contributed by atoms with Gasteiger partial charge in [0, 0.05) is 29.4 Å². The van der Waals surface area contributed by atoms with Gasteiger partial charge in [-0.2, -0.15) is 0 Å². The number of aromatic nitrogens is 1. The molecule has 2 aromatic carbocycles. The van der Waals surface area contributed by atoms with Gasteiger partial charge in [-0.3, -0.25) is 4.79 Å². The van der Waals surface area contributed by atoms with E-state index in [-0.39, 0.29) is 18.8 Å². The molecular formula is C28H29NO6. The monoisotopic (exact) mass is 475 g/mol. The molecule has 1 aromatic heterocycles. The number of para-hydroxylation sites is 1. The van der Waals surface area contributed by atoms with E-state index in [9.17, 15) is 14.7 Å². The number of aryl methyl sites for hydroxylation is 1. The highest BCUT2D eigenvalue weighted by molar-refractivity contribution is 6.07. The van der Waals surface area contributed by atoms with Crippen LogP contribution in [0.4, 0.5) is 0 Å². The van der Waals surface area contributed by atoms with Gasteiger partial charge in [0.25, 0.3) is 0 Å². The molecule has 1 unspecified atom stereocenters. The topological polar surface area (TPSA) is 98.9 Å². The molecule has 7 nitrogen and oxygen atoms in total. The van der Waals surface area contributed by atoms with Crippen LogP contribution in [0, 0.1) is 18.8 Å². The Morgan fingerprint density at radius 1 is 1.17 bits per heavy atom. The largest absolute Gasteiger partial charge is 0.454 e. The lowest BCUT2D eigenvalue weighted by atomic mass is 9.72. The van der Waals surface area contributed by atoms with E-state index in [1.807, 2.05) is 32.0 Å². The van der Waals surface area contributed by atoms with Crippen molar-refractivity contribution >= 4 is 16.6 Å². The Kier molecular flexibility index (Phi) is 6.68. The first-order chi connectivity index (χ1) is 16.7. The van der Waals surface area contributed by atoms with E-state index in [1.165, 1.54) is 12.1 Å². The first-order valence-corrected chi connectivity index (χ1v) is 11.7. The van der Waals surface area contributed by atoms with E-state index in [4.69, 9.17) is 14.0 Å². The number of carbonyl (C=O) groups excluding carboxylic acids is 1. The number of unbranched alkanes of at least 4 members (excludes halogenated alkanes) is 2. The van der Waals surface area contributed by atoms with E-state index in [0.717, 1.165) is 18.4 Å². The molecule has 4 rings (SSSR count). The lowest BCUT2D eigenvalue weighted by Crippen LogP contribution is -2.43. The van der Waals surface area contributed by atoms with Crippen LogP contribution in [-0.2, 0) is 5.41 Å². The number of carbonyl (C=O) groups is 1. The van der Waals surface area contributed by atoms with Crippen LogP contribution in [-0.4, -0.2) is 28.4 Å². The maximum Gasteiger partial charge on any atom is 0.366 e. The van der Waals surface area contributed by atoms with Gasteiger partial charge in [0.15, 0.2) is 17.1 Å². The summed E-state index contributed by atoms with van der Waals surface area (Å²) in [5.74, 6) is 6.61. The quantitative estimate of drug-likeness (QED) is 0.300. The molecule has 0 amide bonds. The minimum Gasteiger partial charge on any atom is -0.454 e. The van der Waals surface area contributed by atoms with Crippen molar-refractivity contribution in [3.63, 3.8) is 0 Å². The van der Waals surface area contributed by atoms with Crippen molar-refractivity contribution in [1.82, 2.24) is 5.16 Å². The second-order valence-corrected chi connectivity index (χ2v) is 9.51. The molecule has 0 aliphatic carbocycles. The molecule has 7 heteroatoms. The molecule has 3 aromatic rings. The van der Waals surface area contributed by atoms with Gasteiger partial charge >= 0.3 is 5.63 Å². The minimum absolute atomic E-state index is 0.0317. The maximum absolute atomic E-state index is 13.8. The number of nitrogens with zero attached hydrogens (tertiary/aromatic N) is 1. The number of ether oxygens (including phenoxy) is 2. The smallest absolute Gasteiger partial charge is 0.366 e. The third-order valence-electron chi connectivity index (χ3n) is 6.31. The molecule has 1 atom stereocenters. The predicted molar refractivity (Wildman–Crippen MR) is 132 cm³/mol. The number of ketones is 1. The van der Waals surface area contributed by atoms with Crippen LogP contribution in [0.15, 0.2) is 45.7 Å². The van der Waals surface area contributed by atoms with Crippen molar-refractivity contribution in [2.45, 2.75) is 64.4 Å². The summed E-state index contributed by atoms with van der Waals surface area (Å²) in [7, 11) is 0. The Morgan fingerprint density at radius 3 is 2.74 bits per heavy atom. The van der Waals surface area contributed by atoms with Crippen molar-refractivity contribution in [2.75, 3.05) is 6.79 Å². The van der Waals surface area contributed by atoms with Gasteiger partial charge in [-0.15, -0.1) is 0 Å². The van der Waals surface area contributed by atoms with Crippen LogP contribution in [0.1, 0.15) is 68.1 Å². The standard InChI is InChI=1S/C28H29NO6/c1-5-6-7-8-14-28(32,16-27(3,4)22-10-9-11-23-24(22)34-17-33-23)25(30)19-12-13-20-21(15-19)18(2)29-35-26(20)31/h9-13,15,32H,5-7,16-17H2,1-4H3. The second-order valence-electron chi connectivity index (χ2n) is 9.51. The summed E-state index contributed by atoms with van der Waals surface area (Å²) < 4.78 is 16.0. The van der Waals surface area contributed by atoms with Gasteiger partial charge in [-0.1, -0.05) is 62.4 Å². The molecule has 0 saturated carbocycles. The molecule has 35 heavy (non-hydrogen) atoms. The summed E-state index contributed by atoms with van der Waals surface area (Å²) in [5, 5.41) is 16.4. The summed E-state index contributed by atoms with van der Waals surface area (Å²) >= 11 is 0. The molecule has 0 saturated heterocycles. The number of Topliss-reactive ketones (excluding diaryl/α,β-unsaturated/α-hetero) is 1. The number of hydrogen-bond donors (Lipinski definition) is 1. The number of aliphatic hydroxyl groups is 1. The molecule has 1 aliphatic heterocycles. The Bertz CT molecular complexity index is 1390. The Labute approximate surface area is 204 Å². The van der Waals surface area contributed by atoms with E-state index < -0.39 is 22.4 Å². The van der Waals surface area contributed by atoms with E-state index >= 15 is 0 Å². The van der Waals surface area contributed by atoms with Crippen molar-refractivity contribution in [1.29, 1.82) is 0 Å². The summed E-state index contributed by atoms with van der Waals surface area (Å²) in [6, 6.07) is 10.2. The Hall–Kier alpha value is -3.63. The molecule has 1 N–H and O–H groups in total. The Balaban J connectivity index is 1.76. The molecule has 0 fully saturated rings. The van der Waals surface area contributed by atoms with Crippen LogP contribution in [0.2, 0.25) is 0 Å². The van der Waals surface area contributed by atoms with Crippen molar-refractivity contribution < 1.29 is 23.9 Å². The third kappa shape index (κ3) is 4.80. The molecule has 0 bridgehead atoms.